The van der Waals surface area contributed by atoms with Crippen LogP contribution in [0.2, 0.25) is 0 Å². The number of rotatable bonds is 5. The molecule has 1 fully saturated rings. The number of hydrogen-bond donors (Lipinski definition) is 0. The predicted octanol–water partition coefficient (Wildman–Crippen LogP) is 3.74. The topological polar surface area (TPSA) is 17.1 Å². The van der Waals surface area contributed by atoms with Crippen LogP contribution in [0.1, 0.15) is 53.4 Å². The zero-order valence-corrected chi connectivity index (χ0v) is 9.89. The summed E-state index contributed by atoms with van der Waals surface area (Å²) in [4.78, 5) is 11.6. The van der Waals surface area contributed by atoms with E-state index in [-0.39, 0.29) is 5.92 Å². The van der Waals surface area contributed by atoms with Crippen molar-refractivity contribution < 1.29 is 4.79 Å². The molecule has 1 nitrogen and oxygen atoms in total. The van der Waals surface area contributed by atoms with Crippen molar-refractivity contribution in [1.29, 1.82) is 0 Å². The quantitative estimate of drug-likeness (QED) is 0.609. The molecule has 0 aromatic rings. The summed E-state index contributed by atoms with van der Waals surface area (Å²) in [5.41, 5.74) is 1.73. The van der Waals surface area contributed by atoms with E-state index in [1.54, 1.807) is 0 Å². The Balaban J connectivity index is 2.43. The van der Waals surface area contributed by atoms with Crippen molar-refractivity contribution in [2.75, 3.05) is 0 Å². The molecule has 0 heterocycles. The molecule has 0 radical (unpaired) electrons. The van der Waals surface area contributed by atoms with Gasteiger partial charge in [-0.15, -0.1) is 0 Å². The summed E-state index contributed by atoms with van der Waals surface area (Å²) in [6.45, 7) is 8.25. The Bertz CT molecular complexity index is 240. The fourth-order valence-corrected chi connectivity index (χ4v) is 1.62. The molecule has 0 saturated heterocycles. The van der Waals surface area contributed by atoms with Gasteiger partial charge in [0.05, 0.1) is 0 Å². The van der Waals surface area contributed by atoms with E-state index in [0.29, 0.717) is 11.2 Å². The minimum absolute atomic E-state index is 0.208. The summed E-state index contributed by atoms with van der Waals surface area (Å²) >= 11 is 0. The molecular weight excluding hydrogens is 172 g/mol. The van der Waals surface area contributed by atoms with Crippen LogP contribution in [-0.2, 0) is 4.79 Å². The van der Waals surface area contributed by atoms with Crippen LogP contribution in [-0.4, -0.2) is 5.78 Å². The van der Waals surface area contributed by atoms with E-state index in [0.717, 1.165) is 12.8 Å². The van der Waals surface area contributed by atoms with Gasteiger partial charge in [-0.25, -0.2) is 0 Å². The average molecular weight is 194 g/mol. The molecule has 0 atom stereocenters. The first-order chi connectivity index (χ1) is 6.45. The molecule has 80 valence electrons. The van der Waals surface area contributed by atoms with E-state index in [2.05, 4.69) is 19.9 Å². The first kappa shape index (κ1) is 11.5. The van der Waals surface area contributed by atoms with Crippen LogP contribution < -0.4 is 0 Å². The number of hydrogen-bond acceptors (Lipinski definition) is 1. The van der Waals surface area contributed by atoms with E-state index in [1.165, 1.54) is 18.4 Å². The van der Waals surface area contributed by atoms with Crippen LogP contribution in [0.5, 0.6) is 0 Å². The summed E-state index contributed by atoms with van der Waals surface area (Å²) < 4.78 is 0. The Morgan fingerprint density at radius 1 is 1.36 bits per heavy atom. The summed E-state index contributed by atoms with van der Waals surface area (Å²) in [5, 5.41) is 0. The molecule has 0 spiro atoms. The molecule has 0 unspecified atom stereocenters. The number of allylic oxidation sites excluding steroid dienone is 2. The zero-order chi connectivity index (χ0) is 10.8. The number of Topliss-reactive ketones (excluding diaryl/α,β-unsaturated/α-hetero) is 1. The highest BCUT2D eigenvalue weighted by atomic mass is 16.1. The first-order valence-electron chi connectivity index (χ1n) is 5.61. The normalized spacial score (nSPS) is 18.1. The molecule has 1 saturated carbocycles. The first-order valence-corrected chi connectivity index (χ1v) is 5.61. The molecule has 1 aliphatic carbocycles. The summed E-state index contributed by atoms with van der Waals surface area (Å²) in [5.74, 6) is 0.642. The van der Waals surface area contributed by atoms with Gasteiger partial charge in [0.1, 0.15) is 5.78 Å². The smallest absolute Gasteiger partial charge is 0.135 e. The third-order valence-corrected chi connectivity index (χ3v) is 3.09. The maximum atomic E-state index is 11.6. The van der Waals surface area contributed by atoms with Gasteiger partial charge in [0.25, 0.3) is 0 Å². The highest BCUT2D eigenvalue weighted by Gasteiger charge is 2.43. The van der Waals surface area contributed by atoms with Crippen molar-refractivity contribution in [2.24, 2.45) is 11.3 Å². The fourth-order valence-electron chi connectivity index (χ4n) is 1.62. The third-order valence-electron chi connectivity index (χ3n) is 3.09. The van der Waals surface area contributed by atoms with Gasteiger partial charge in [0.2, 0.25) is 0 Å². The second kappa shape index (κ2) is 4.29. The van der Waals surface area contributed by atoms with Crippen molar-refractivity contribution in [3.63, 3.8) is 0 Å². The molecule has 1 rings (SSSR count). The van der Waals surface area contributed by atoms with Crippen molar-refractivity contribution in [1.82, 2.24) is 0 Å². The van der Waals surface area contributed by atoms with E-state index in [4.69, 9.17) is 0 Å². The van der Waals surface area contributed by atoms with Gasteiger partial charge in [0, 0.05) is 12.3 Å². The van der Waals surface area contributed by atoms with E-state index >= 15 is 0 Å². The molecule has 0 bridgehead atoms. The second-order valence-electron chi connectivity index (χ2n) is 5.28. The molecule has 0 aliphatic heterocycles. The van der Waals surface area contributed by atoms with Gasteiger partial charge in [-0.2, -0.15) is 0 Å². The number of ketones is 1. The molecule has 0 amide bonds. The van der Waals surface area contributed by atoms with Crippen LogP contribution in [0.3, 0.4) is 0 Å². The Morgan fingerprint density at radius 2 is 1.93 bits per heavy atom. The van der Waals surface area contributed by atoms with Crippen LogP contribution in [0.25, 0.3) is 0 Å². The van der Waals surface area contributed by atoms with Crippen LogP contribution >= 0.6 is 0 Å². The van der Waals surface area contributed by atoms with Crippen LogP contribution in [0.4, 0.5) is 0 Å². The summed E-state index contributed by atoms with van der Waals surface area (Å²) in [6.07, 6.45) is 6.67. The summed E-state index contributed by atoms with van der Waals surface area (Å²) in [6, 6.07) is 0. The van der Waals surface area contributed by atoms with Gasteiger partial charge in [-0.3, -0.25) is 4.79 Å². The minimum Gasteiger partial charge on any atom is -0.299 e. The van der Waals surface area contributed by atoms with Crippen molar-refractivity contribution in [3.05, 3.63) is 11.6 Å². The Morgan fingerprint density at radius 3 is 2.29 bits per heavy atom. The fraction of sp³-hybridized carbons (Fsp3) is 0.769. The van der Waals surface area contributed by atoms with Gasteiger partial charge in [-0.05, 0) is 38.5 Å². The van der Waals surface area contributed by atoms with Crippen LogP contribution in [0.15, 0.2) is 11.6 Å². The van der Waals surface area contributed by atoms with Crippen LogP contribution in [0, 0.1) is 11.3 Å². The molecule has 0 N–H and O–H groups in total. The predicted molar refractivity (Wildman–Crippen MR) is 60.2 cm³/mol. The van der Waals surface area contributed by atoms with Gasteiger partial charge < -0.3 is 0 Å². The maximum absolute atomic E-state index is 11.6. The van der Waals surface area contributed by atoms with Crippen molar-refractivity contribution >= 4 is 5.78 Å². The zero-order valence-electron chi connectivity index (χ0n) is 9.89. The number of carbonyl (C=O) groups is 1. The molecule has 14 heavy (non-hydrogen) atoms. The largest absolute Gasteiger partial charge is 0.299 e. The third kappa shape index (κ3) is 3.28. The SMILES string of the molecule is CC(C)=CCC1(CC(=O)C(C)C)CC1. The molecule has 0 aromatic heterocycles. The summed E-state index contributed by atoms with van der Waals surface area (Å²) in [7, 11) is 0. The Hall–Kier alpha value is -0.590. The average Bonchev–Trinajstić information content (AvgIpc) is 2.82. The van der Waals surface area contributed by atoms with Gasteiger partial charge in [-0.1, -0.05) is 25.5 Å². The van der Waals surface area contributed by atoms with Crippen molar-refractivity contribution in [3.8, 4) is 0 Å². The van der Waals surface area contributed by atoms with E-state index < -0.39 is 0 Å². The second-order valence-corrected chi connectivity index (χ2v) is 5.28. The monoisotopic (exact) mass is 194 g/mol. The highest BCUT2D eigenvalue weighted by Crippen LogP contribution is 2.52. The van der Waals surface area contributed by atoms with Gasteiger partial charge >= 0.3 is 0 Å². The molecule has 0 aromatic carbocycles. The lowest BCUT2D eigenvalue weighted by Crippen LogP contribution is -2.13. The standard InChI is InChI=1S/C13H22O/c1-10(2)5-6-13(7-8-13)9-12(14)11(3)4/h5,11H,6-9H2,1-4H3. The van der Waals surface area contributed by atoms with Gasteiger partial charge in [0.15, 0.2) is 0 Å². The lowest BCUT2D eigenvalue weighted by Gasteiger charge is -2.13. The minimum atomic E-state index is 0.208. The maximum Gasteiger partial charge on any atom is 0.135 e. The lowest BCUT2D eigenvalue weighted by molar-refractivity contribution is -0.123. The Labute approximate surface area is 87.6 Å². The van der Waals surface area contributed by atoms with Crippen molar-refractivity contribution in [2.45, 2.75) is 53.4 Å². The molecular formula is C13H22O. The van der Waals surface area contributed by atoms with E-state index in [1.807, 2.05) is 13.8 Å². The molecule has 1 aliphatic rings. The number of carbonyl (C=O) groups excluding carboxylic acids is 1. The Kier molecular flexibility index (Phi) is 3.52. The lowest BCUT2D eigenvalue weighted by atomic mass is 9.90. The van der Waals surface area contributed by atoms with E-state index in [9.17, 15) is 4.79 Å². The molecule has 1 heteroatoms. The highest BCUT2D eigenvalue weighted by molar-refractivity contribution is 5.81.